The topological polar surface area (TPSA) is 134 Å². The summed E-state index contributed by atoms with van der Waals surface area (Å²) in [5.74, 6) is -1.00. The van der Waals surface area contributed by atoms with Gasteiger partial charge in [-0.15, -0.1) is 0 Å². The molecule has 1 aromatic carbocycles. The number of amides is 1. The molecule has 5 N–H and O–H groups in total. The number of carbonyl (C=O) groups excluding carboxylic acids is 3. The largest absolute Gasteiger partial charge is 0.468 e. The van der Waals surface area contributed by atoms with Crippen molar-refractivity contribution in [3.05, 3.63) is 29.8 Å². The van der Waals surface area contributed by atoms with Gasteiger partial charge in [0.2, 0.25) is 0 Å². The normalized spacial score (nSPS) is 12.8. The van der Waals surface area contributed by atoms with Gasteiger partial charge in [0.15, 0.2) is 0 Å². The highest BCUT2D eigenvalue weighted by Gasteiger charge is 2.23. The average Bonchev–Trinajstić information content (AvgIpc) is 2.62. The highest BCUT2D eigenvalue weighted by molar-refractivity contribution is 8.76. The minimum absolute atomic E-state index is 0.240. The maximum absolute atomic E-state index is 12.3. The number of para-hydroxylation sites is 1. The van der Waals surface area contributed by atoms with Crippen LogP contribution in [0.4, 0.5) is 5.69 Å². The van der Waals surface area contributed by atoms with E-state index in [2.05, 4.69) is 10.1 Å². The molecule has 1 amide bonds. The monoisotopic (exact) mass is 387 g/mol. The summed E-state index contributed by atoms with van der Waals surface area (Å²) < 4.78 is 9.24. The third kappa shape index (κ3) is 6.85. The molecule has 0 aliphatic rings. The zero-order valence-corrected chi connectivity index (χ0v) is 15.5. The van der Waals surface area contributed by atoms with Gasteiger partial charge >= 0.3 is 11.9 Å². The van der Waals surface area contributed by atoms with Gasteiger partial charge in [-0.3, -0.25) is 9.59 Å². The first-order chi connectivity index (χ1) is 11.9. The predicted octanol–water partition coefficient (Wildman–Crippen LogP) is 0.422. The molecule has 1 rings (SSSR count). The van der Waals surface area contributed by atoms with Crippen molar-refractivity contribution in [3.8, 4) is 0 Å². The first-order valence-corrected chi connectivity index (χ1v) is 9.70. The van der Waals surface area contributed by atoms with Crippen molar-refractivity contribution >= 4 is 45.1 Å². The van der Waals surface area contributed by atoms with Crippen molar-refractivity contribution in [1.29, 1.82) is 0 Å². The van der Waals surface area contributed by atoms with Gasteiger partial charge in [-0.1, -0.05) is 33.7 Å². The molecule has 0 aliphatic heterocycles. The Morgan fingerprint density at radius 1 is 1.08 bits per heavy atom. The van der Waals surface area contributed by atoms with Crippen LogP contribution in [0.5, 0.6) is 0 Å². The molecule has 0 heterocycles. The number of nitrogens with two attached hydrogens (primary N) is 2. The third-order valence-electron chi connectivity index (χ3n) is 3.07. The van der Waals surface area contributed by atoms with Gasteiger partial charge in [0.05, 0.1) is 19.8 Å². The minimum Gasteiger partial charge on any atom is -0.468 e. The quantitative estimate of drug-likeness (QED) is 0.238. The van der Waals surface area contributed by atoms with E-state index in [0.717, 1.165) is 0 Å². The number of nitrogens with one attached hydrogen (secondary N) is 1. The Balaban J connectivity index is 2.58. The Morgan fingerprint density at radius 2 is 1.68 bits per heavy atom. The number of methoxy groups -OCH3 is 2. The average molecular weight is 387 g/mol. The van der Waals surface area contributed by atoms with E-state index in [9.17, 15) is 14.4 Å². The summed E-state index contributed by atoms with van der Waals surface area (Å²) in [7, 11) is 5.08. The SMILES string of the molecule is COC(=O)C(N)CSSCC(NC(=O)c1ccccc1N)C(=O)OC. The fourth-order valence-corrected chi connectivity index (χ4v) is 3.96. The van der Waals surface area contributed by atoms with Crippen LogP contribution in [0.3, 0.4) is 0 Å². The van der Waals surface area contributed by atoms with Crippen LogP contribution in [0.15, 0.2) is 24.3 Å². The van der Waals surface area contributed by atoms with E-state index in [4.69, 9.17) is 16.2 Å². The van der Waals surface area contributed by atoms with Crippen LogP contribution in [0, 0.1) is 0 Å². The lowest BCUT2D eigenvalue weighted by Gasteiger charge is -2.17. The Bertz CT molecular complexity index is 615. The van der Waals surface area contributed by atoms with E-state index in [1.165, 1.54) is 35.8 Å². The summed E-state index contributed by atoms with van der Waals surface area (Å²) >= 11 is 0. The predicted molar refractivity (Wildman–Crippen MR) is 99.0 cm³/mol. The van der Waals surface area contributed by atoms with Crippen LogP contribution < -0.4 is 16.8 Å². The van der Waals surface area contributed by atoms with E-state index in [0.29, 0.717) is 11.4 Å². The molecule has 0 aliphatic carbocycles. The van der Waals surface area contributed by atoms with Crippen LogP contribution >= 0.6 is 21.6 Å². The molecule has 138 valence electrons. The Labute approximate surface area is 153 Å². The zero-order chi connectivity index (χ0) is 18.8. The van der Waals surface area contributed by atoms with Crippen molar-refractivity contribution in [2.75, 3.05) is 31.5 Å². The molecule has 0 fully saturated rings. The highest BCUT2D eigenvalue weighted by Crippen LogP contribution is 2.23. The van der Waals surface area contributed by atoms with Gasteiger partial charge in [0.25, 0.3) is 5.91 Å². The molecule has 0 saturated carbocycles. The first kappa shape index (κ1) is 21.1. The summed E-state index contributed by atoms with van der Waals surface area (Å²) in [4.78, 5) is 35.3. The Kier molecular flexibility index (Phi) is 9.17. The molecule has 0 spiro atoms. The standard InChI is InChI=1S/C15H21N3O5S2/c1-22-14(20)11(17)7-24-25-8-12(15(21)23-2)18-13(19)9-5-3-4-6-10(9)16/h3-6,11-12H,7-8,16-17H2,1-2H3,(H,18,19). The third-order valence-corrected chi connectivity index (χ3v) is 5.51. The van der Waals surface area contributed by atoms with Crippen LogP contribution in [-0.4, -0.2) is 55.7 Å². The van der Waals surface area contributed by atoms with Crippen molar-refractivity contribution < 1.29 is 23.9 Å². The van der Waals surface area contributed by atoms with E-state index < -0.39 is 29.9 Å². The summed E-state index contributed by atoms with van der Waals surface area (Å²) in [6.45, 7) is 0. The molecule has 0 radical (unpaired) electrons. The maximum Gasteiger partial charge on any atom is 0.329 e. The number of hydrogen-bond donors (Lipinski definition) is 3. The molecular formula is C15H21N3O5S2. The molecular weight excluding hydrogens is 366 g/mol. The summed E-state index contributed by atoms with van der Waals surface area (Å²) in [6, 6.07) is 4.94. The molecule has 2 unspecified atom stereocenters. The van der Waals surface area contributed by atoms with Gasteiger partial charge in [-0.05, 0) is 12.1 Å². The van der Waals surface area contributed by atoms with E-state index in [1.54, 1.807) is 24.3 Å². The molecule has 25 heavy (non-hydrogen) atoms. The minimum atomic E-state index is -0.857. The van der Waals surface area contributed by atoms with Crippen LogP contribution in [-0.2, 0) is 19.1 Å². The highest BCUT2D eigenvalue weighted by atomic mass is 33.1. The molecule has 10 heteroatoms. The van der Waals surface area contributed by atoms with Crippen molar-refractivity contribution in [1.82, 2.24) is 5.32 Å². The summed E-state index contributed by atoms with van der Waals surface area (Å²) in [5, 5.41) is 2.60. The second-order valence-electron chi connectivity index (χ2n) is 4.84. The first-order valence-electron chi connectivity index (χ1n) is 7.21. The zero-order valence-electron chi connectivity index (χ0n) is 13.9. The lowest BCUT2D eigenvalue weighted by Crippen LogP contribution is -2.43. The van der Waals surface area contributed by atoms with Crippen LogP contribution in [0.25, 0.3) is 0 Å². The maximum atomic E-state index is 12.3. The lowest BCUT2D eigenvalue weighted by atomic mass is 10.1. The fraction of sp³-hybridized carbons (Fsp3) is 0.400. The number of anilines is 1. The summed E-state index contributed by atoms with van der Waals surface area (Å²) in [5.41, 5.74) is 12.0. The van der Waals surface area contributed by atoms with Gasteiger partial charge in [0.1, 0.15) is 12.1 Å². The summed E-state index contributed by atoms with van der Waals surface area (Å²) in [6.07, 6.45) is 0. The molecule has 0 saturated heterocycles. The molecule has 2 atom stereocenters. The Hall–Kier alpha value is -1.91. The Morgan fingerprint density at radius 3 is 2.28 bits per heavy atom. The second kappa shape index (κ2) is 10.9. The van der Waals surface area contributed by atoms with Crippen LogP contribution in [0.2, 0.25) is 0 Å². The van der Waals surface area contributed by atoms with E-state index >= 15 is 0 Å². The van der Waals surface area contributed by atoms with Crippen LogP contribution in [0.1, 0.15) is 10.4 Å². The molecule has 8 nitrogen and oxygen atoms in total. The fourth-order valence-electron chi connectivity index (χ4n) is 1.71. The van der Waals surface area contributed by atoms with Gasteiger partial charge in [-0.25, -0.2) is 4.79 Å². The lowest BCUT2D eigenvalue weighted by molar-refractivity contribution is -0.142. The number of rotatable bonds is 9. The molecule has 1 aromatic rings. The number of ether oxygens (including phenoxy) is 2. The van der Waals surface area contributed by atoms with Gasteiger partial charge in [0, 0.05) is 17.2 Å². The second-order valence-corrected chi connectivity index (χ2v) is 7.39. The number of nitrogen functional groups attached to an aromatic ring is 1. The molecule has 0 aromatic heterocycles. The molecule has 0 bridgehead atoms. The number of carbonyl (C=O) groups is 3. The van der Waals surface area contributed by atoms with Gasteiger partial charge in [-0.2, -0.15) is 0 Å². The van der Waals surface area contributed by atoms with Crippen molar-refractivity contribution in [3.63, 3.8) is 0 Å². The van der Waals surface area contributed by atoms with Crippen molar-refractivity contribution in [2.45, 2.75) is 12.1 Å². The number of benzene rings is 1. The van der Waals surface area contributed by atoms with E-state index in [1.807, 2.05) is 0 Å². The number of hydrogen-bond acceptors (Lipinski definition) is 9. The van der Waals surface area contributed by atoms with Crippen molar-refractivity contribution in [2.24, 2.45) is 5.73 Å². The number of esters is 2. The smallest absolute Gasteiger partial charge is 0.329 e. The van der Waals surface area contributed by atoms with E-state index in [-0.39, 0.29) is 11.3 Å². The van der Waals surface area contributed by atoms with Gasteiger partial charge < -0.3 is 26.3 Å².